The third-order valence-corrected chi connectivity index (χ3v) is 5.05. The summed E-state index contributed by atoms with van der Waals surface area (Å²) in [5, 5.41) is 3.39. The van der Waals surface area contributed by atoms with Crippen molar-refractivity contribution >= 4 is 47.8 Å². The molecule has 0 saturated heterocycles. The van der Waals surface area contributed by atoms with Crippen LogP contribution in [0.25, 0.3) is 0 Å². The molecule has 0 aliphatic carbocycles. The van der Waals surface area contributed by atoms with Crippen LogP contribution >= 0.6 is 47.8 Å². The average molecular weight is 448 g/mol. The molecule has 2 rings (SSSR count). The Morgan fingerprint density at radius 3 is 2.42 bits per heavy atom. The van der Waals surface area contributed by atoms with Gasteiger partial charge >= 0.3 is 0 Å². The minimum absolute atomic E-state index is 0.269. The van der Waals surface area contributed by atoms with Gasteiger partial charge in [-0.2, -0.15) is 0 Å². The van der Waals surface area contributed by atoms with E-state index in [4.69, 9.17) is 0 Å². The monoisotopic (exact) mass is 445 g/mol. The summed E-state index contributed by atoms with van der Waals surface area (Å²) in [7, 11) is 1.99. The summed E-state index contributed by atoms with van der Waals surface area (Å²) in [6, 6.07) is 14.9. The van der Waals surface area contributed by atoms with Crippen LogP contribution in [0, 0.1) is 0 Å². The van der Waals surface area contributed by atoms with Crippen molar-refractivity contribution in [2.45, 2.75) is 12.5 Å². The standard InChI is InChI=1S/C15H14Br3N/c1-19-15(8-10-4-2-3-5-13(10)17)12-9-11(16)6-7-14(12)18/h2-7,9,15,19H,8H2,1H3. The molecule has 0 heterocycles. The quantitative estimate of drug-likeness (QED) is 0.654. The Morgan fingerprint density at radius 2 is 1.74 bits per heavy atom. The van der Waals surface area contributed by atoms with Gasteiger partial charge in [-0.3, -0.25) is 0 Å². The summed E-state index contributed by atoms with van der Waals surface area (Å²) >= 11 is 10.8. The van der Waals surface area contributed by atoms with Crippen molar-refractivity contribution in [3.63, 3.8) is 0 Å². The molecule has 0 spiro atoms. The van der Waals surface area contributed by atoms with E-state index in [0.29, 0.717) is 0 Å². The van der Waals surface area contributed by atoms with Gasteiger partial charge in [-0.05, 0) is 48.9 Å². The molecule has 1 nitrogen and oxygen atoms in total. The van der Waals surface area contributed by atoms with Crippen LogP contribution in [0.1, 0.15) is 17.2 Å². The Bertz CT molecular complexity index is 569. The van der Waals surface area contributed by atoms with Crippen molar-refractivity contribution in [3.8, 4) is 0 Å². The van der Waals surface area contributed by atoms with Crippen LogP contribution in [0.5, 0.6) is 0 Å². The maximum atomic E-state index is 3.63. The Hall–Kier alpha value is -0.160. The third-order valence-electron chi connectivity index (χ3n) is 3.06. The van der Waals surface area contributed by atoms with E-state index in [1.807, 2.05) is 19.2 Å². The topological polar surface area (TPSA) is 12.0 Å². The number of benzene rings is 2. The number of rotatable bonds is 4. The molecule has 0 bridgehead atoms. The molecule has 0 aliphatic rings. The second-order valence-corrected chi connectivity index (χ2v) is 6.93. The van der Waals surface area contributed by atoms with Gasteiger partial charge in [0.1, 0.15) is 0 Å². The van der Waals surface area contributed by atoms with Gasteiger partial charge in [0.2, 0.25) is 0 Å². The molecule has 1 atom stereocenters. The molecule has 0 saturated carbocycles. The first kappa shape index (κ1) is 15.2. The Morgan fingerprint density at radius 1 is 1.00 bits per heavy atom. The van der Waals surface area contributed by atoms with E-state index in [9.17, 15) is 0 Å². The van der Waals surface area contributed by atoms with Crippen LogP contribution in [0.15, 0.2) is 55.9 Å². The highest BCUT2D eigenvalue weighted by atomic mass is 79.9. The molecule has 2 aromatic rings. The lowest BCUT2D eigenvalue weighted by atomic mass is 9.99. The average Bonchev–Trinajstić information content (AvgIpc) is 2.41. The van der Waals surface area contributed by atoms with E-state index in [1.165, 1.54) is 11.1 Å². The van der Waals surface area contributed by atoms with Crippen molar-refractivity contribution in [2.24, 2.45) is 0 Å². The molecule has 1 N–H and O–H groups in total. The van der Waals surface area contributed by atoms with Crippen LogP contribution in [-0.4, -0.2) is 7.05 Å². The van der Waals surface area contributed by atoms with Gasteiger partial charge in [-0.25, -0.2) is 0 Å². The van der Waals surface area contributed by atoms with Crippen molar-refractivity contribution in [2.75, 3.05) is 7.05 Å². The normalized spacial score (nSPS) is 12.4. The largest absolute Gasteiger partial charge is 0.313 e. The van der Waals surface area contributed by atoms with Crippen molar-refractivity contribution < 1.29 is 0 Å². The summed E-state index contributed by atoms with van der Waals surface area (Å²) in [5.74, 6) is 0. The molecular formula is C15H14Br3N. The van der Waals surface area contributed by atoms with Gasteiger partial charge < -0.3 is 5.32 Å². The van der Waals surface area contributed by atoms with Crippen molar-refractivity contribution in [3.05, 3.63) is 67.0 Å². The molecule has 0 amide bonds. The van der Waals surface area contributed by atoms with Gasteiger partial charge in [0.05, 0.1) is 0 Å². The van der Waals surface area contributed by atoms with Crippen LogP contribution in [0.2, 0.25) is 0 Å². The fourth-order valence-corrected chi connectivity index (χ4v) is 3.38. The highest BCUT2D eigenvalue weighted by molar-refractivity contribution is 9.11. The molecule has 2 aromatic carbocycles. The lowest BCUT2D eigenvalue weighted by molar-refractivity contribution is 0.588. The van der Waals surface area contributed by atoms with E-state index in [1.54, 1.807) is 0 Å². The SMILES string of the molecule is CNC(Cc1ccccc1Br)c1cc(Br)ccc1Br. The minimum atomic E-state index is 0.269. The predicted molar refractivity (Wildman–Crippen MR) is 91.5 cm³/mol. The third kappa shape index (κ3) is 3.91. The molecule has 4 heteroatoms. The summed E-state index contributed by atoms with van der Waals surface area (Å²) < 4.78 is 3.38. The predicted octanol–water partition coefficient (Wildman–Crippen LogP) is 5.48. The first-order valence-electron chi connectivity index (χ1n) is 5.97. The molecule has 0 aliphatic heterocycles. The summed E-state index contributed by atoms with van der Waals surface area (Å²) in [6.07, 6.45) is 0.937. The van der Waals surface area contributed by atoms with Gasteiger partial charge in [0.25, 0.3) is 0 Å². The number of halogens is 3. The fourth-order valence-electron chi connectivity index (χ4n) is 2.03. The van der Waals surface area contributed by atoms with Crippen LogP contribution in [-0.2, 0) is 6.42 Å². The molecule has 0 radical (unpaired) electrons. The summed E-state index contributed by atoms with van der Waals surface area (Å²) in [4.78, 5) is 0. The van der Waals surface area contributed by atoms with Crippen molar-refractivity contribution in [1.29, 1.82) is 0 Å². The van der Waals surface area contributed by atoms with Crippen LogP contribution < -0.4 is 5.32 Å². The van der Waals surface area contributed by atoms with Gasteiger partial charge in [0, 0.05) is 19.5 Å². The Labute approximate surface area is 139 Å². The Balaban J connectivity index is 2.30. The lowest BCUT2D eigenvalue weighted by Gasteiger charge is -2.19. The molecule has 0 fully saturated rings. The summed E-state index contributed by atoms with van der Waals surface area (Å²) in [6.45, 7) is 0. The zero-order chi connectivity index (χ0) is 13.8. The highest BCUT2D eigenvalue weighted by Crippen LogP contribution is 2.30. The number of nitrogens with one attached hydrogen (secondary N) is 1. The van der Waals surface area contributed by atoms with E-state index in [2.05, 4.69) is 83.4 Å². The molecule has 100 valence electrons. The van der Waals surface area contributed by atoms with Crippen LogP contribution in [0.4, 0.5) is 0 Å². The maximum absolute atomic E-state index is 3.63. The van der Waals surface area contributed by atoms with E-state index >= 15 is 0 Å². The molecule has 1 unspecified atom stereocenters. The fraction of sp³-hybridized carbons (Fsp3) is 0.200. The minimum Gasteiger partial charge on any atom is -0.313 e. The molecular weight excluding hydrogens is 434 g/mol. The van der Waals surface area contributed by atoms with Gasteiger partial charge in [-0.1, -0.05) is 66.0 Å². The maximum Gasteiger partial charge on any atom is 0.0370 e. The van der Waals surface area contributed by atoms with Gasteiger partial charge in [0.15, 0.2) is 0 Å². The second-order valence-electron chi connectivity index (χ2n) is 4.30. The zero-order valence-electron chi connectivity index (χ0n) is 10.5. The second kappa shape index (κ2) is 7.02. The van der Waals surface area contributed by atoms with E-state index in [-0.39, 0.29) is 6.04 Å². The lowest BCUT2D eigenvalue weighted by Crippen LogP contribution is -2.19. The van der Waals surface area contributed by atoms with Crippen LogP contribution in [0.3, 0.4) is 0 Å². The van der Waals surface area contributed by atoms with E-state index in [0.717, 1.165) is 19.8 Å². The Kier molecular flexibility index (Phi) is 5.63. The first-order chi connectivity index (χ1) is 9.11. The smallest absolute Gasteiger partial charge is 0.0370 e. The van der Waals surface area contributed by atoms with Gasteiger partial charge in [-0.15, -0.1) is 0 Å². The molecule has 19 heavy (non-hydrogen) atoms. The first-order valence-corrected chi connectivity index (χ1v) is 8.35. The summed E-state index contributed by atoms with van der Waals surface area (Å²) in [5.41, 5.74) is 2.56. The van der Waals surface area contributed by atoms with Crippen molar-refractivity contribution in [1.82, 2.24) is 5.32 Å². The number of hydrogen-bond acceptors (Lipinski definition) is 1. The molecule has 0 aromatic heterocycles. The van der Waals surface area contributed by atoms with E-state index < -0.39 is 0 Å². The highest BCUT2D eigenvalue weighted by Gasteiger charge is 2.15. The number of likely N-dealkylation sites (N-methyl/N-ethyl adjacent to an activating group) is 1. The zero-order valence-corrected chi connectivity index (χ0v) is 15.2. The number of hydrogen-bond donors (Lipinski definition) is 1.